The van der Waals surface area contributed by atoms with Crippen LogP contribution in [0.1, 0.15) is 26.7 Å². The molecule has 2 aliphatic rings. The number of rotatable bonds is 5. The Bertz CT molecular complexity index is 986. The molecule has 0 aliphatic carbocycles. The predicted octanol–water partition coefficient (Wildman–Crippen LogP) is 5.56. The highest BCUT2D eigenvalue weighted by Gasteiger charge is 2.39. The lowest BCUT2D eigenvalue weighted by molar-refractivity contribution is -0.122. The Balaban J connectivity index is 1.73. The van der Waals surface area contributed by atoms with Gasteiger partial charge in [-0.25, -0.2) is 4.99 Å². The zero-order valence-corrected chi connectivity index (χ0v) is 18.1. The number of para-hydroxylation sites is 1. The molecule has 0 atom stereocenters. The minimum Gasteiger partial charge on any atom is -0.508 e. The fraction of sp³-hybridized carbons (Fsp3) is 0.273. The maximum absolute atomic E-state index is 13.4. The van der Waals surface area contributed by atoms with Crippen molar-refractivity contribution in [1.82, 2.24) is 4.90 Å². The molecule has 7 heteroatoms. The average Bonchev–Trinajstić information content (AvgIpc) is 3.25. The quantitative estimate of drug-likeness (QED) is 0.636. The summed E-state index contributed by atoms with van der Waals surface area (Å²) >= 11 is 3.10. The topological polar surface area (TPSA) is 56.1 Å². The van der Waals surface area contributed by atoms with Crippen molar-refractivity contribution in [2.45, 2.75) is 31.6 Å². The number of phenolic OH excluding ortho intramolecular Hbond substituents is 1. The van der Waals surface area contributed by atoms with Crippen LogP contribution in [0.5, 0.6) is 5.75 Å². The molecule has 1 fully saturated rings. The second-order valence-corrected chi connectivity index (χ2v) is 8.78. The number of aliphatic imine (C=N–C) groups is 1. The van der Waals surface area contributed by atoms with Gasteiger partial charge in [0, 0.05) is 18.0 Å². The number of nitrogens with zero attached hydrogens (tertiary/aromatic N) is 3. The molecule has 0 spiro atoms. The molecule has 29 heavy (non-hydrogen) atoms. The van der Waals surface area contributed by atoms with Gasteiger partial charge in [-0.15, -0.1) is 0 Å². The van der Waals surface area contributed by atoms with Crippen LogP contribution >= 0.6 is 23.5 Å². The molecule has 4 rings (SSSR count). The fourth-order valence-electron chi connectivity index (χ4n) is 3.29. The van der Waals surface area contributed by atoms with Crippen molar-refractivity contribution in [3.8, 4) is 5.75 Å². The molecule has 2 aromatic rings. The number of benzene rings is 2. The first-order chi connectivity index (χ1) is 14.1. The average molecular weight is 426 g/mol. The van der Waals surface area contributed by atoms with E-state index < -0.39 is 0 Å². The van der Waals surface area contributed by atoms with E-state index in [1.165, 1.54) is 16.7 Å². The number of phenols is 1. The van der Waals surface area contributed by atoms with Crippen molar-refractivity contribution in [2.24, 2.45) is 4.99 Å². The summed E-state index contributed by atoms with van der Waals surface area (Å²) in [6.07, 6.45) is 1.93. The number of amidine groups is 1. The first-order valence-electron chi connectivity index (χ1n) is 9.78. The highest BCUT2D eigenvalue weighted by molar-refractivity contribution is 8.19. The van der Waals surface area contributed by atoms with Gasteiger partial charge in [0.25, 0.3) is 5.91 Å². The largest absolute Gasteiger partial charge is 0.508 e. The molecular weight excluding hydrogens is 402 g/mol. The number of hydrogen-bond acceptors (Lipinski definition) is 6. The van der Waals surface area contributed by atoms with Crippen molar-refractivity contribution < 1.29 is 9.90 Å². The smallest absolute Gasteiger partial charge is 0.269 e. The summed E-state index contributed by atoms with van der Waals surface area (Å²) in [6.45, 7) is 5.68. The van der Waals surface area contributed by atoms with Crippen LogP contribution in [0.2, 0.25) is 0 Å². The third-order valence-electron chi connectivity index (χ3n) is 4.79. The van der Waals surface area contributed by atoms with E-state index in [0.717, 1.165) is 40.7 Å². The molecule has 2 heterocycles. The lowest BCUT2D eigenvalue weighted by atomic mass is 10.3. The molecule has 1 N–H and O–H groups in total. The zero-order chi connectivity index (χ0) is 20.4. The summed E-state index contributed by atoms with van der Waals surface area (Å²) in [7, 11) is 0. The second-order valence-electron chi connectivity index (χ2n) is 6.77. The monoisotopic (exact) mass is 425 g/mol. The number of carbonyl (C=O) groups is 1. The molecule has 0 bridgehead atoms. The van der Waals surface area contributed by atoms with Crippen molar-refractivity contribution in [1.29, 1.82) is 0 Å². The van der Waals surface area contributed by atoms with Gasteiger partial charge in [0.1, 0.15) is 15.7 Å². The van der Waals surface area contributed by atoms with Crippen molar-refractivity contribution in [2.75, 3.05) is 18.0 Å². The number of aromatic hydroxyl groups is 1. The lowest BCUT2D eigenvalue weighted by Gasteiger charge is -2.19. The third-order valence-corrected chi connectivity index (χ3v) is 7.17. The van der Waals surface area contributed by atoms with E-state index in [1.807, 2.05) is 12.1 Å². The van der Waals surface area contributed by atoms with Gasteiger partial charge in [-0.05, 0) is 61.5 Å². The number of thioether (sulfide) groups is 2. The van der Waals surface area contributed by atoms with E-state index in [-0.39, 0.29) is 11.7 Å². The Hall–Kier alpha value is -2.38. The molecule has 5 nitrogen and oxygen atoms in total. The normalized spacial score (nSPS) is 20.1. The van der Waals surface area contributed by atoms with Crippen LogP contribution in [0.4, 0.5) is 11.4 Å². The molecule has 0 aromatic heterocycles. The van der Waals surface area contributed by atoms with Crippen molar-refractivity contribution in [3.05, 3.63) is 58.5 Å². The van der Waals surface area contributed by atoms with Crippen LogP contribution in [0.15, 0.2) is 68.4 Å². The molecule has 1 amide bonds. The lowest BCUT2D eigenvalue weighted by Crippen LogP contribution is -2.30. The number of fused-ring (bicyclic) bond motifs is 1. The summed E-state index contributed by atoms with van der Waals surface area (Å²) < 4.78 is 0. The van der Waals surface area contributed by atoms with E-state index >= 15 is 0 Å². The van der Waals surface area contributed by atoms with Gasteiger partial charge in [-0.3, -0.25) is 9.69 Å². The zero-order valence-electron chi connectivity index (χ0n) is 16.5. The van der Waals surface area contributed by atoms with Gasteiger partial charge in [0.2, 0.25) is 0 Å². The van der Waals surface area contributed by atoms with Crippen LogP contribution in [0, 0.1) is 0 Å². The Labute approximate surface area is 179 Å². The highest BCUT2D eigenvalue weighted by atomic mass is 32.2. The molecule has 2 aliphatic heterocycles. The van der Waals surface area contributed by atoms with Gasteiger partial charge in [0.05, 0.1) is 11.4 Å². The van der Waals surface area contributed by atoms with Crippen LogP contribution in [0.3, 0.4) is 0 Å². The molecule has 2 aromatic carbocycles. The Kier molecular flexibility index (Phi) is 5.87. The standard InChI is InChI=1S/C22H23N3O2S2/c1-3-5-14-25-20(27)19(29-22(25)23-15-10-12-16(26)13-11-15)21-24(4-2)17-8-6-7-9-18(17)28-21/h6-13,26H,3-5,14H2,1-2H3/b21-19-,23-22?. The van der Waals surface area contributed by atoms with Gasteiger partial charge < -0.3 is 10.0 Å². The molecule has 0 unspecified atom stereocenters. The minimum atomic E-state index is 0.0229. The first kappa shape index (κ1) is 19.9. The number of anilines is 1. The van der Waals surface area contributed by atoms with Crippen LogP contribution in [-0.4, -0.2) is 34.2 Å². The maximum Gasteiger partial charge on any atom is 0.269 e. The fourth-order valence-corrected chi connectivity index (χ4v) is 5.71. The van der Waals surface area contributed by atoms with Crippen molar-refractivity contribution in [3.63, 3.8) is 0 Å². The SMILES string of the molecule is CCCCN1C(=O)/C(=C2/Sc3ccccc3N2CC)SC1=Nc1ccc(O)cc1. The summed E-state index contributed by atoms with van der Waals surface area (Å²) in [4.78, 5) is 24.0. The second kappa shape index (κ2) is 8.55. The van der Waals surface area contributed by atoms with Crippen LogP contribution in [0.25, 0.3) is 0 Å². The van der Waals surface area contributed by atoms with Crippen molar-refractivity contribution >= 4 is 46.0 Å². The molecule has 0 saturated carbocycles. The predicted molar refractivity (Wildman–Crippen MR) is 122 cm³/mol. The number of carbonyl (C=O) groups excluding carboxylic acids is 1. The van der Waals surface area contributed by atoms with Crippen LogP contribution in [-0.2, 0) is 4.79 Å². The van der Waals surface area contributed by atoms with Gasteiger partial charge in [-0.2, -0.15) is 0 Å². The molecule has 150 valence electrons. The summed E-state index contributed by atoms with van der Waals surface area (Å²) in [6, 6.07) is 15.0. The Morgan fingerprint density at radius 2 is 1.76 bits per heavy atom. The van der Waals surface area contributed by atoms with Gasteiger partial charge >= 0.3 is 0 Å². The van der Waals surface area contributed by atoms with E-state index in [2.05, 4.69) is 30.9 Å². The summed E-state index contributed by atoms with van der Waals surface area (Å²) in [5, 5.41) is 11.2. The van der Waals surface area contributed by atoms with E-state index in [0.29, 0.717) is 11.7 Å². The Morgan fingerprint density at radius 1 is 1.00 bits per heavy atom. The van der Waals surface area contributed by atoms with E-state index in [4.69, 9.17) is 4.99 Å². The molecule has 1 saturated heterocycles. The molecular formula is C22H23N3O2S2. The first-order valence-corrected chi connectivity index (χ1v) is 11.4. The van der Waals surface area contributed by atoms with E-state index in [9.17, 15) is 9.90 Å². The summed E-state index contributed by atoms with van der Waals surface area (Å²) in [5.74, 6) is 0.225. The van der Waals surface area contributed by atoms with Gasteiger partial charge in [0.15, 0.2) is 5.17 Å². The minimum absolute atomic E-state index is 0.0229. The number of hydrogen-bond donors (Lipinski definition) is 1. The maximum atomic E-state index is 13.4. The summed E-state index contributed by atoms with van der Waals surface area (Å²) in [5.41, 5.74) is 1.88. The van der Waals surface area contributed by atoms with Crippen LogP contribution < -0.4 is 4.90 Å². The van der Waals surface area contributed by atoms with E-state index in [1.54, 1.807) is 40.9 Å². The highest BCUT2D eigenvalue weighted by Crippen LogP contribution is 2.50. The van der Waals surface area contributed by atoms with Gasteiger partial charge in [-0.1, -0.05) is 37.2 Å². The third kappa shape index (κ3) is 3.89. The number of amides is 1. The molecule has 0 radical (unpaired) electrons. The number of unbranched alkanes of at least 4 members (excludes halogenated alkanes) is 1. The Morgan fingerprint density at radius 3 is 2.48 bits per heavy atom.